The van der Waals surface area contributed by atoms with Crippen LogP contribution in [-0.4, -0.2) is 23.1 Å². The van der Waals surface area contributed by atoms with Gasteiger partial charge in [-0.25, -0.2) is 9.97 Å². The van der Waals surface area contributed by atoms with Gasteiger partial charge in [0.25, 0.3) is 0 Å². The molecule has 1 aromatic heterocycles. The molecule has 1 aliphatic rings. The Balaban J connectivity index is 2.02. The molecule has 16 heavy (non-hydrogen) atoms. The Morgan fingerprint density at radius 3 is 2.62 bits per heavy atom. The molecule has 2 rings (SSSR count). The van der Waals surface area contributed by atoms with Crippen molar-refractivity contribution in [2.75, 3.05) is 18.0 Å². The molecule has 1 fully saturated rings. The first kappa shape index (κ1) is 12.1. The summed E-state index contributed by atoms with van der Waals surface area (Å²) < 4.78 is 1.16. The number of hydrogen-bond donors (Lipinski definition) is 0. The summed E-state index contributed by atoms with van der Waals surface area (Å²) in [5.74, 6) is 2.81. The average Bonchev–Trinajstić information content (AvgIpc) is 2.30. The minimum absolute atomic E-state index is 0.812. The van der Waals surface area contributed by atoms with Gasteiger partial charge in [0.15, 0.2) is 0 Å². The number of nitrogens with zero attached hydrogens (tertiary/aromatic N) is 3. The summed E-state index contributed by atoms with van der Waals surface area (Å²) >= 11 is 2.31. The van der Waals surface area contributed by atoms with Crippen LogP contribution < -0.4 is 4.90 Å². The SMILES string of the molecule is CC(C)C1CCN(c2ncncc2I)CC1. The molecule has 2 heterocycles. The predicted octanol–water partition coefficient (Wildman–Crippen LogP) is 2.95. The molecule has 0 aliphatic carbocycles. The van der Waals surface area contributed by atoms with E-state index in [-0.39, 0.29) is 0 Å². The monoisotopic (exact) mass is 331 g/mol. The summed E-state index contributed by atoms with van der Waals surface area (Å²) in [5, 5.41) is 0. The van der Waals surface area contributed by atoms with Crippen LogP contribution in [0.3, 0.4) is 0 Å². The highest BCUT2D eigenvalue weighted by Gasteiger charge is 2.23. The lowest BCUT2D eigenvalue weighted by Gasteiger charge is -2.34. The Hall–Kier alpha value is -0.390. The molecule has 0 saturated carbocycles. The zero-order valence-corrected chi connectivity index (χ0v) is 12.0. The van der Waals surface area contributed by atoms with E-state index in [1.54, 1.807) is 6.33 Å². The fourth-order valence-electron chi connectivity index (χ4n) is 2.32. The number of halogens is 1. The van der Waals surface area contributed by atoms with Crippen LogP contribution in [0.15, 0.2) is 12.5 Å². The quantitative estimate of drug-likeness (QED) is 0.781. The van der Waals surface area contributed by atoms with E-state index >= 15 is 0 Å². The largest absolute Gasteiger partial charge is 0.356 e. The number of hydrogen-bond acceptors (Lipinski definition) is 3. The Morgan fingerprint density at radius 2 is 2.06 bits per heavy atom. The molecule has 1 aliphatic heterocycles. The minimum atomic E-state index is 0.812. The summed E-state index contributed by atoms with van der Waals surface area (Å²) in [6, 6.07) is 0. The van der Waals surface area contributed by atoms with Crippen LogP contribution in [0, 0.1) is 15.4 Å². The summed E-state index contributed by atoms with van der Waals surface area (Å²) in [6.45, 7) is 6.93. The van der Waals surface area contributed by atoms with E-state index in [0.717, 1.165) is 34.3 Å². The normalized spacial score (nSPS) is 18.1. The number of rotatable bonds is 2. The number of aromatic nitrogens is 2. The molecule has 0 radical (unpaired) electrons. The topological polar surface area (TPSA) is 29.0 Å². The second-order valence-corrected chi connectivity index (χ2v) is 5.92. The Kier molecular flexibility index (Phi) is 4.00. The van der Waals surface area contributed by atoms with Gasteiger partial charge in [-0.05, 0) is 47.3 Å². The number of anilines is 1. The predicted molar refractivity (Wildman–Crippen MR) is 74.5 cm³/mol. The lowest BCUT2D eigenvalue weighted by molar-refractivity contribution is 0.310. The highest BCUT2D eigenvalue weighted by molar-refractivity contribution is 14.1. The third kappa shape index (κ3) is 2.64. The smallest absolute Gasteiger partial charge is 0.145 e. The summed E-state index contributed by atoms with van der Waals surface area (Å²) in [7, 11) is 0. The third-order valence-electron chi connectivity index (χ3n) is 3.43. The van der Waals surface area contributed by atoms with Crippen molar-refractivity contribution in [1.29, 1.82) is 0 Å². The van der Waals surface area contributed by atoms with E-state index < -0.39 is 0 Å². The van der Waals surface area contributed by atoms with Gasteiger partial charge in [0.1, 0.15) is 12.1 Å². The Bertz CT molecular complexity index is 346. The molecule has 88 valence electrons. The van der Waals surface area contributed by atoms with Crippen molar-refractivity contribution in [3.63, 3.8) is 0 Å². The highest BCUT2D eigenvalue weighted by Crippen LogP contribution is 2.28. The van der Waals surface area contributed by atoms with Gasteiger partial charge in [-0.2, -0.15) is 0 Å². The molecule has 0 aromatic carbocycles. The van der Waals surface area contributed by atoms with E-state index in [0.29, 0.717) is 0 Å². The third-order valence-corrected chi connectivity index (χ3v) is 4.19. The molecule has 0 atom stereocenters. The molecule has 0 amide bonds. The fraction of sp³-hybridized carbons (Fsp3) is 0.667. The molecule has 4 heteroatoms. The van der Waals surface area contributed by atoms with Crippen molar-refractivity contribution in [1.82, 2.24) is 9.97 Å². The van der Waals surface area contributed by atoms with Gasteiger partial charge in [0.2, 0.25) is 0 Å². The zero-order valence-electron chi connectivity index (χ0n) is 9.86. The van der Waals surface area contributed by atoms with Gasteiger partial charge in [0, 0.05) is 19.3 Å². The van der Waals surface area contributed by atoms with Crippen LogP contribution in [0.5, 0.6) is 0 Å². The molecule has 1 aromatic rings. The molecule has 1 saturated heterocycles. The van der Waals surface area contributed by atoms with Crippen molar-refractivity contribution in [2.45, 2.75) is 26.7 Å². The van der Waals surface area contributed by atoms with Crippen LogP contribution in [0.1, 0.15) is 26.7 Å². The highest BCUT2D eigenvalue weighted by atomic mass is 127. The summed E-state index contributed by atoms with van der Waals surface area (Å²) in [5.41, 5.74) is 0. The first-order valence-corrected chi connectivity index (χ1v) is 6.97. The summed E-state index contributed by atoms with van der Waals surface area (Å²) in [6.07, 6.45) is 6.11. The molecule has 0 bridgehead atoms. The number of piperidine rings is 1. The second kappa shape index (κ2) is 5.29. The molecular formula is C12H18IN3. The van der Waals surface area contributed by atoms with Crippen LogP contribution in [-0.2, 0) is 0 Å². The van der Waals surface area contributed by atoms with Gasteiger partial charge in [-0.15, -0.1) is 0 Å². The van der Waals surface area contributed by atoms with Gasteiger partial charge in [0.05, 0.1) is 3.57 Å². The first-order chi connectivity index (χ1) is 7.68. The van der Waals surface area contributed by atoms with Crippen LogP contribution in [0.2, 0.25) is 0 Å². The maximum absolute atomic E-state index is 4.38. The lowest BCUT2D eigenvalue weighted by atomic mass is 9.87. The van der Waals surface area contributed by atoms with Crippen molar-refractivity contribution in [3.8, 4) is 0 Å². The van der Waals surface area contributed by atoms with Gasteiger partial charge in [-0.1, -0.05) is 13.8 Å². The van der Waals surface area contributed by atoms with Crippen molar-refractivity contribution < 1.29 is 0 Å². The molecular weight excluding hydrogens is 313 g/mol. The zero-order chi connectivity index (χ0) is 11.5. The van der Waals surface area contributed by atoms with E-state index in [9.17, 15) is 0 Å². The van der Waals surface area contributed by atoms with Gasteiger partial charge < -0.3 is 4.90 Å². The second-order valence-electron chi connectivity index (χ2n) is 4.76. The van der Waals surface area contributed by atoms with Crippen LogP contribution >= 0.6 is 22.6 Å². The van der Waals surface area contributed by atoms with Crippen molar-refractivity contribution in [3.05, 3.63) is 16.1 Å². The van der Waals surface area contributed by atoms with Crippen molar-refractivity contribution in [2.24, 2.45) is 11.8 Å². The first-order valence-electron chi connectivity index (χ1n) is 5.89. The standard InChI is InChI=1S/C12H18IN3/c1-9(2)10-3-5-16(6-4-10)12-11(13)7-14-8-15-12/h7-10H,3-6H2,1-2H3. The van der Waals surface area contributed by atoms with Crippen molar-refractivity contribution >= 4 is 28.4 Å². The van der Waals surface area contributed by atoms with Crippen LogP contribution in [0.4, 0.5) is 5.82 Å². The molecule has 0 unspecified atom stereocenters. The molecule has 0 spiro atoms. The van der Waals surface area contributed by atoms with E-state index in [1.807, 2.05) is 6.20 Å². The van der Waals surface area contributed by atoms with E-state index in [2.05, 4.69) is 51.3 Å². The lowest BCUT2D eigenvalue weighted by Crippen LogP contribution is -2.36. The minimum Gasteiger partial charge on any atom is -0.356 e. The molecule has 0 N–H and O–H groups in total. The Labute approximate surface area is 111 Å². The van der Waals surface area contributed by atoms with Gasteiger partial charge in [-0.3, -0.25) is 0 Å². The maximum atomic E-state index is 4.38. The van der Waals surface area contributed by atoms with E-state index in [1.165, 1.54) is 12.8 Å². The fourth-order valence-corrected chi connectivity index (χ4v) is 2.96. The summed E-state index contributed by atoms with van der Waals surface area (Å²) in [4.78, 5) is 10.8. The average molecular weight is 331 g/mol. The van der Waals surface area contributed by atoms with Gasteiger partial charge >= 0.3 is 0 Å². The van der Waals surface area contributed by atoms with E-state index in [4.69, 9.17) is 0 Å². The Morgan fingerprint density at radius 1 is 1.38 bits per heavy atom. The van der Waals surface area contributed by atoms with Crippen LogP contribution in [0.25, 0.3) is 0 Å². The molecule has 3 nitrogen and oxygen atoms in total. The maximum Gasteiger partial charge on any atom is 0.145 e.